The Morgan fingerprint density at radius 3 is 2.81 bits per heavy atom. The van der Waals surface area contributed by atoms with Gasteiger partial charge in [-0.15, -0.1) is 0 Å². The van der Waals surface area contributed by atoms with E-state index in [1.807, 2.05) is 12.1 Å². The number of aryl methyl sites for hydroxylation is 1. The fraction of sp³-hybridized carbons (Fsp3) is 0.273. The smallest absolute Gasteiger partial charge is 0.319 e. The second kappa shape index (κ2) is 2.98. The van der Waals surface area contributed by atoms with Gasteiger partial charge in [-0.25, -0.2) is 4.79 Å². The van der Waals surface area contributed by atoms with Gasteiger partial charge in [0.05, 0.1) is 0 Å². The van der Waals surface area contributed by atoms with E-state index in [9.17, 15) is 9.59 Å². The topological polar surface area (TPSA) is 58.2 Å². The molecule has 0 bridgehead atoms. The van der Waals surface area contributed by atoms with E-state index in [4.69, 9.17) is 11.6 Å². The monoisotopic (exact) mass is 236 g/mol. The first-order chi connectivity index (χ1) is 7.63. The molecule has 3 rings (SSSR count). The summed E-state index contributed by atoms with van der Waals surface area (Å²) in [5.74, 6) is -0.302. The van der Waals surface area contributed by atoms with Crippen molar-refractivity contribution < 1.29 is 9.59 Å². The molecule has 16 heavy (non-hydrogen) atoms. The molecule has 0 aromatic heterocycles. The molecule has 1 fully saturated rings. The molecule has 2 N–H and O–H groups in total. The second-order valence-corrected chi connectivity index (χ2v) is 4.49. The molecule has 3 amide bonds. The van der Waals surface area contributed by atoms with E-state index in [0.29, 0.717) is 11.4 Å². The first kappa shape index (κ1) is 9.66. The fourth-order valence-electron chi connectivity index (χ4n) is 2.55. The number of hydrogen-bond donors (Lipinski definition) is 2. The molecule has 2 aliphatic rings. The summed E-state index contributed by atoms with van der Waals surface area (Å²) in [4.78, 5) is 23.1. The first-order valence-corrected chi connectivity index (χ1v) is 5.43. The fourth-order valence-corrected chi connectivity index (χ4v) is 2.90. The highest BCUT2D eigenvalue weighted by molar-refractivity contribution is 6.32. The zero-order valence-corrected chi connectivity index (χ0v) is 9.10. The number of rotatable bonds is 0. The van der Waals surface area contributed by atoms with Crippen molar-refractivity contribution in [2.45, 2.75) is 18.4 Å². The SMILES string of the molecule is O=C1NC(=O)C2(CCc3cccc(Cl)c32)N1. The lowest BCUT2D eigenvalue weighted by Crippen LogP contribution is -2.41. The third-order valence-corrected chi connectivity index (χ3v) is 3.55. The van der Waals surface area contributed by atoms with Crippen molar-refractivity contribution in [3.05, 3.63) is 34.3 Å². The lowest BCUT2D eigenvalue weighted by atomic mass is 9.92. The third kappa shape index (κ3) is 1.05. The summed E-state index contributed by atoms with van der Waals surface area (Å²) in [6.45, 7) is 0. The van der Waals surface area contributed by atoms with Crippen molar-refractivity contribution in [1.82, 2.24) is 10.6 Å². The summed E-state index contributed by atoms with van der Waals surface area (Å²) in [5.41, 5.74) is 0.843. The van der Waals surface area contributed by atoms with Crippen LogP contribution in [0.25, 0.3) is 0 Å². The minimum atomic E-state index is -0.940. The van der Waals surface area contributed by atoms with Gasteiger partial charge in [0.2, 0.25) is 0 Å². The normalized spacial score (nSPS) is 26.8. The Morgan fingerprint density at radius 1 is 1.31 bits per heavy atom. The molecule has 1 atom stereocenters. The third-order valence-electron chi connectivity index (χ3n) is 3.24. The highest BCUT2D eigenvalue weighted by Gasteiger charge is 2.52. The lowest BCUT2D eigenvalue weighted by molar-refractivity contribution is -0.124. The van der Waals surface area contributed by atoms with Crippen molar-refractivity contribution in [1.29, 1.82) is 0 Å². The lowest BCUT2D eigenvalue weighted by Gasteiger charge is -2.21. The summed E-state index contributed by atoms with van der Waals surface area (Å²) in [5, 5.41) is 5.50. The van der Waals surface area contributed by atoms with Crippen LogP contribution in [0.4, 0.5) is 4.79 Å². The molecule has 1 saturated heterocycles. The Bertz CT molecular complexity index is 515. The van der Waals surface area contributed by atoms with Crippen LogP contribution in [0.15, 0.2) is 18.2 Å². The number of carbonyl (C=O) groups excluding carboxylic acids is 2. The van der Waals surface area contributed by atoms with Crippen LogP contribution in [0.5, 0.6) is 0 Å². The molecule has 1 aromatic carbocycles. The van der Waals surface area contributed by atoms with E-state index in [-0.39, 0.29) is 5.91 Å². The van der Waals surface area contributed by atoms with E-state index < -0.39 is 11.6 Å². The van der Waals surface area contributed by atoms with Crippen molar-refractivity contribution in [2.75, 3.05) is 0 Å². The van der Waals surface area contributed by atoms with E-state index >= 15 is 0 Å². The van der Waals surface area contributed by atoms with Crippen LogP contribution in [-0.4, -0.2) is 11.9 Å². The number of hydrogen-bond acceptors (Lipinski definition) is 2. The number of halogens is 1. The van der Waals surface area contributed by atoms with Gasteiger partial charge in [0.15, 0.2) is 0 Å². The highest BCUT2D eigenvalue weighted by Crippen LogP contribution is 2.42. The molecule has 0 saturated carbocycles. The molecule has 4 nitrogen and oxygen atoms in total. The maximum atomic E-state index is 11.9. The number of fused-ring (bicyclic) bond motifs is 2. The second-order valence-electron chi connectivity index (χ2n) is 4.09. The number of imide groups is 1. The Kier molecular flexibility index (Phi) is 1.80. The Balaban J connectivity index is 2.22. The number of urea groups is 1. The summed E-state index contributed by atoms with van der Waals surface area (Å²) in [6.07, 6.45) is 1.33. The molecule has 82 valence electrons. The van der Waals surface area contributed by atoms with E-state index in [2.05, 4.69) is 10.6 Å². The van der Waals surface area contributed by atoms with Crippen LogP contribution in [0.3, 0.4) is 0 Å². The predicted octanol–water partition coefficient (Wildman–Crippen LogP) is 1.32. The molecule has 1 spiro atoms. The Hall–Kier alpha value is -1.55. The highest BCUT2D eigenvalue weighted by atomic mass is 35.5. The average molecular weight is 237 g/mol. The van der Waals surface area contributed by atoms with Crippen LogP contribution in [0.1, 0.15) is 17.5 Å². The van der Waals surface area contributed by atoms with Gasteiger partial charge in [0.1, 0.15) is 5.54 Å². The zero-order valence-electron chi connectivity index (χ0n) is 8.34. The van der Waals surface area contributed by atoms with E-state index in [1.54, 1.807) is 6.07 Å². The maximum Gasteiger partial charge on any atom is 0.322 e. The zero-order chi connectivity index (χ0) is 11.3. The number of nitrogens with one attached hydrogen (secondary N) is 2. The van der Waals surface area contributed by atoms with Crippen LogP contribution < -0.4 is 10.6 Å². The molecule has 1 heterocycles. The Morgan fingerprint density at radius 2 is 2.12 bits per heavy atom. The van der Waals surface area contributed by atoms with Gasteiger partial charge in [-0.3, -0.25) is 10.1 Å². The molecular weight excluding hydrogens is 228 g/mol. The molecule has 1 aliphatic carbocycles. The summed E-state index contributed by atoms with van der Waals surface area (Å²) >= 11 is 6.12. The van der Waals surface area contributed by atoms with Crippen molar-refractivity contribution in [3.8, 4) is 0 Å². The average Bonchev–Trinajstić information content (AvgIpc) is 2.72. The molecular formula is C11H9ClN2O2. The number of amides is 3. The van der Waals surface area contributed by atoms with Crippen molar-refractivity contribution >= 4 is 23.5 Å². The van der Waals surface area contributed by atoms with Crippen LogP contribution in [0.2, 0.25) is 5.02 Å². The molecule has 1 unspecified atom stereocenters. The van der Waals surface area contributed by atoms with Crippen molar-refractivity contribution in [2.24, 2.45) is 0 Å². The van der Waals surface area contributed by atoms with Crippen LogP contribution >= 0.6 is 11.6 Å². The molecule has 0 radical (unpaired) electrons. The summed E-state index contributed by atoms with van der Waals surface area (Å²) < 4.78 is 0. The quantitative estimate of drug-likeness (QED) is 0.668. The Labute approximate surface area is 97.0 Å². The van der Waals surface area contributed by atoms with Gasteiger partial charge in [0.25, 0.3) is 5.91 Å². The summed E-state index contributed by atoms with van der Waals surface area (Å²) in [6, 6.07) is 5.09. The molecule has 5 heteroatoms. The molecule has 1 aromatic rings. The van der Waals surface area contributed by atoms with E-state index in [1.165, 1.54) is 0 Å². The van der Waals surface area contributed by atoms with Gasteiger partial charge in [-0.1, -0.05) is 23.7 Å². The molecule has 1 aliphatic heterocycles. The number of benzene rings is 1. The maximum absolute atomic E-state index is 11.9. The minimum Gasteiger partial charge on any atom is -0.319 e. The predicted molar refractivity (Wildman–Crippen MR) is 58.1 cm³/mol. The first-order valence-electron chi connectivity index (χ1n) is 5.05. The van der Waals surface area contributed by atoms with Gasteiger partial charge in [0, 0.05) is 10.6 Å². The van der Waals surface area contributed by atoms with Gasteiger partial charge in [-0.2, -0.15) is 0 Å². The van der Waals surface area contributed by atoms with Crippen LogP contribution in [0, 0.1) is 0 Å². The van der Waals surface area contributed by atoms with Crippen LogP contribution in [-0.2, 0) is 16.8 Å². The van der Waals surface area contributed by atoms with Crippen molar-refractivity contribution in [3.63, 3.8) is 0 Å². The minimum absolute atomic E-state index is 0.302. The van der Waals surface area contributed by atoms with E-state index in [0.717, 1.165) is 17.5 Å². The number of carbonyl (C=O) groups is 2. The van der Waals surface area contributed by atoms with Gasteiger partial charge < -0.3 is 5.32 Å². The standard InChI is InChI=1S/C11H9ClN2O2/c12-7-3-1-2-6-4-5-11(8(6)7)9(15)13-10(16)14-11/h1-3H,4-5H2,(H2,13,14,15,16). The largest absolute Gasteiger partial charge is 0.322 e. The van der Waals surface area contributed by atoms with Gasteiger partial charge in [-0.05, 0) is 24.5 Å². The van der Waals surface area contributed by atoms with Gasteiger partial charge >= 0.3 is 6.03 Å². The summed E-state index contributed by atoms with van der Waals surface area (Å²) in [7, 11) is 0.